The molecule has 1 saturated heterocycles. The van der Waals surface area contributed by atoms with Crippen molar-refractivity contribution in [3.63, 3.8) is 0 Å². The van der Waals surface area contributed by atoms with E-state index in [2.05, 4.69) is 21.2 Å². The Morgan fingerprint density at radius 1 is 1.50 bits per heavy atom. The Hall–Kier alpha value is -0.630. The number of hydrogen-bond donors (Lipinski definition) is 1. The van der Waals surface area contributed by atoms with Gasteiger partial charge in [0, 0.05) is 21.8 Å². The van der Waals surface area contributed by atoms with E-state index in [1.165, 1.54) is 18.2 Å². The van der Waals surface area contributed by atoms with Gasteiger partial charge >= 0.3 is 0 Å². The van der Waals surface area contributed by atoms with Crippen LogP contribution in [-0.2, 0) is 13.8 Å². The summed E-state index contributed by atoms with van der Waals surface area (Å²) in [6, 6.07) is 4.00. The van der Waals surface area contributed by atoms with E-state index in [-0.39, 0.29) is 28.5 Å². The third kappa shape index (κ3) is 3.52. The van der Waals surface area contributed by atoms with E-state index >= 15 is 0 Å². The lowest BCUT2D eigenvalue weighted by Gasteiger charge is -2.16. The molecule has 2 atom stereocenters. The van der Waals surface area contributed by atoms with E-state index in [9.17, 15) is 13.2 Å². The van der Waals surface area contributed by atoms with Crippen LogP contribution in [0.25, 0.3) is 0 Å². The molecule has 0 spiro atoms. The quantitative estimate of drug-likeness (QED) is 0.814. The molecule has 1 amide bonds. The average molecular weight is 383 g/mol. The highest BCUT2D eigenvalue weighted by atomic mass is 79.9. The monoisotopic (exact) mass is 381 g/mol. The lowest BCUT2D eigenvalue weighted by atomic mass is 10.1. The van der Waals surface area contributed by atoms with Crippen molar-refractivity contribution in [2.24, 2.45) is 0 Å². The molecular formula is C12H13BrClNO4S. The smallest absolute Gasteiger partial charge is 0.261 e. The van der Waals surface area contributed by atoms with Crippen molar-refractivity contribution in [3.8, 4) is 0 Å². The SMILES string of the molecule is CC1OCCC1NC(=O)c1cc(S(=O)(=O)Cl)ccc1Br. The number of ether oxygens (including phenoxy) is 1. The minimum atomic E-state index is -3.87. The zero-order valence-corrected chi connectivity index (χ0v) is 13.8. The molecule has 1 fully saturated rings. The summed E-state index contributed by atoms with van der Waals surface area (Å²) >= 11 is 3.23. The highest BCUT2D eigenvalue weighted by molar-refractivity contribution is 9.10. The van der Waals surface area contributed by atoms with Crippen LogP contribution in [0.4, 0.5) is 0 Å². The van der Waals surface area contributed by atoms with Gasteiger partial charge in [0.05, 0.1) is 22.6 Å². The fourth-order valence-electron chi connectivity index (χ4n) is 2.00. The van der Waals surface area contributed by atoms with Crippen LogP contribution in [-0.4, -0.2) is 33.1 Å². The lowest BCUT2D eigenvalue weighted by Crippen LogP contribution is -2.39. The molecule has 1 aromatic rings. The second-order valence-corrected chi connectivity index (χ2v) is 7.94. The molecule has 1 heterocycles. The van der Waals surface area contributed by atoms with Crippen molar-refractivity contribution in [1.82, 2.24) is 5.32 Å². The van der Waals surface area contributed by atoms with Gasteiger partial charge in [0.15, 0.2) is 0 Å². The standard InChI is InChI=1S/C12H13BrClNO4S/c1-7-11(4-5-19-7)15-12(16)9-6-8(20(14,17)18)2-3-10(9)13/h2-3,6-7,11H,4-5H2,1H3,(H,15,16). The maximum absolute atomic E-state index is 12.2. The van der Waals surface area contributed by atoms with E-state index < -0.39 is 9.05 Å². The molecular weight excluding hydrogens is 370 g/mol. The van der Waals surface area contributed by atoms with Crippen LogP contribution in [0.3, 0.4) is 0 Å². The second-order valence-electron chi connectivity index (χ2n) is 4.52. The first-order chi connectivity index (χ1) is 9.29. The fraction of sp³-hybridized carbons (Fsp3) is 0.417. The van der Waals surface area contributed by atoms with Gasteiger partial charge in [-0.25, -0.2) is 8.42 Å². The predicted molar refractivity (Wildman–Crippen MR) is 78.5 cm³/mol. The van der Waals surface area contributed by atoms with Gasteiger partial charge in [0.1, 0.15) is 0 Å². The Morgan fingerprint density at radius 3 is 2.75 bits per heavy atom. The topological polar surface area (TPSA) is 72.5 Å². The van der Waals surface area contributed by atoms with E-state index in [0.717, 1.165) is 6.42 Å². The summed E-state index contributed by atoms with van der Waals surface area (Å²) in [4.78, 5) is 12.1. The van der Waals surface area contributed by atoms with Gasteiger partial charge in [-0.1, -0.05) is 0 Å². The average Bonchev–Trinajstić information content (AvgIpc) is 2.74. The molecule has 2 rings (SSSR count). The molecule has 0 aliphatic carbocycles. The first kappa shape index (κ1) is 15.8. The minimum Gasteiger partial charge on any atom is -0.376 e. The van der Waals surface area contributed by atoms with Gasteiger partial charge in [-0.15, -0.1) is 0 Å². The maximum atomic E-state index is 12.2. The van der Waals surface area contributed by atoms with Gasteiger partial charge in [0.2, 0.25) is 0 Å². The summed E-state index contributed by atoms with van der Waals surface area (Å²) in [5, 5.41) is 2.83. The number of nitrogens with one attached hydrogen (secondary N) is 1. The number of benzene rings is 1. The van der Waals surface area contributed by atoms with Crippen LogP contribution in [0.15, 0.2) is 27.6 Å². The molecule has 20 heavy (non-hydrogen) atoms. The molecule has 1 aromatic carbocycles. The van der Waals surface area contributed by atoms with Crippen molar-refractivity contribution in [2.45, 2.75) is 30.4 Å². The molecule has 0 aromatic heterocycles. The number of rotatable bonds is 3. The molecule has 1 aliphatic rings. The van der Waals surface area contributed by atoms with Gasteiger partial charge in [-0.2, -0.15) is 0 Å². The van der Waals surface area contributed by atoms with Gasteiger partial charge in [0.25, 0.3) is 15.0 Å². The molecule has 0 saturated carbocycles. The van der Waals surface area contributed by atoms with E-state index in [1.807, 2.05) is 6.92 Å². The van der Waals surface area contributed by atoms with Gasteiger partial charge in [-0.3, -0.25) is 4.79 Å². The minimum absolute atomic E-state index is 0.0577. The number of carbonyl (C=O) groups excluding carboxylic acids is 1. The van der Waals surface area contributed by atoms with Crippen molar-refractivity contribution in [1.29, 1.82) is 0 Å². The maximum Gasteiger partial charge on any atom is 0.261 e. The van der Waals surface area contributed by atoms with Crippen molar-refractivity contribution in [2.75, 3.05) is 6.61 Å². The zero-order valence-electron chi connectivity index (χ0n) is 10.6. The summed E-state index contributed by atoms with van der Waals surface area (Å²) in [6.45, 7) is 2.48. The Bertz CT molecular complexity index is 634. The van der Waals surface area contributed by atoms with Crippen molar-refractivity contribution >= 4 is 41.6 Å². The van der Waals surface area contributed by atoms with Crippen LogP contribution in [0.1, 0.15) is 23.7 Å². The van der Waals surface area contributed by atoms with Crippen molar-refractivity contribution in [3.05, 3.63) is 28.2 Å². The Labute approximate surface area is 130 Å². The highest BCUT2D eigenvalue weighted by Gasteiger charge is 2.27. The fourth-order valence-corrected chi connectivity index (χ4v) is 3.20. The van der Waals surface area contributed by atoms with Gasteiger partial charge in [-0.05, 0) is 47.5 Å². The summed E-state index contributed by atoms with van der Waals surface area (Å²) in [6.07, 6.45) is 0.676. The Morgan fingerprint density at radius 2 is 2.20 bits per heavy atom. The Balaban J connectivity index is 2.25. The normalized spacial score (nSPS) is 22.8. The largest absolute Gasteiger partial charge is 0.376 e. The first-order valence-corrected chi connectivity index (χ1v) is 9.06. The molecule has 8 heteroatoms. The number of amides is 1. The van der Waals surface area contributed by atoms with Crippen LogP contribution in [0.5, 0.6) is 0 Å². The molecule has 1 aliphatic heterocycles. The van der Waals surface area contributed by atoms with Crippen LogP contribution in [0, 0.1) is 0 Å². The third-order valence-electron chi connectivity index (χ3n) is 3.16. The molecule has 0 radical (unpaired) electrons. The van der Waals surface area contributed by atoms with Crippen LogP contribution < -0.4 is 5.32 Å². The van der Waals surface area contributed by atoms with E-state index in [1.54, 1.807) is 0 Å². The van der Waals surface area contributed by atoms with E-state index in [4.69, 9.17) is 15.4 Å². The summed E-state index contributed by atoms with van der Waals surface area (Å²) < 4.78 is 28.5. The molecule has 110 valence electrons. The van der Waals surface area contributed by atoms with Crippen LogP contribution in [0.2, 0.25) is 0 Å². The number of halogens is 2. The number of hydrogen-bond acceptors (Lipinski definition) is 4. The predicted octanol–water partition coefficient (Wildman–Crippen LogP) is 2.28. The molecule has 2 unspecified atom stereocenters. The summed E-state index contributed by atoms with van der Waals surface area (Å²) in [5.41, 5.74) is 0.228. The Kier molecular flexibility index (Phi) is 4.73. The molecule has 5 nitrogen and oxygen atoms in total. The zero-order chi connectivity index (χ0) is 14.9. The molecule has 0 bridgehead atoms. The summed E-state index contributed by atoms with van der Waals surface area (Å²) in [5.74, 6) is -0.360. The van der Waals surface area contributed by atoms with Crippen LogP contribution >= 0.6 is 26.6 Å². The van der Waals surface area contributed by atoms with Gasteiger partial charge < -0.3 is 10.1 Å². The van der Waals surface area contributed by atoms with Crippen molar-refractivity contribution < 1.29 is 17.9 Å². The highest BCUT2D eigenvalue weighted by Crippen LogP contribution is 2.24. The first-order valence-electron chi connectivity index (χ1n) is 5.95. The summed E-state index contributed by atoms with van der Waals surface area (Å²) in [7, 11) is 1.42. The third-order valence-corrected chi connectivity index (χ3v) is 5.20. The number of carbonyl (C=O) groups is 1. The molecule has 1 N–H and O–H groups in total. The second kappa shape index (κ2) is 6.01. The lowest BCUT2D eigenvalue weighted by molar-refractivity contribution is 0.0865. The van der Waals surface area contributed by atoms with E-state index in [0.29, 0.717) is 11.1 Å².